The molecule has 54 heavy (non-hydrogen) atoms. The Labute approximate surface area is 309 Å². The summed E-state index contributed by atoms with van der Waals surface area (Å²) in [5.74, 6) is 0.546. The summed E-state index contributed by atoms with van der Waals surface area (Å²) in [5, 5.41) is 12.5. The summed E-state index contributed by atoms with van der Waals surface area (Å²) in [6.45, 7) is 2.28. The highest BCUT2D eigenvalue weighted by molar-refractivity contribution is 5.69. The summed E-state index contributed by atoms with van der Waals surface area (Å²) in [5.41, 5.74) is 1.93. The molecule has 0 spiro atoms. The number of aryl methyl sites for hydroxylation is 1. The Hall–Kier alpha value is -4.66. The number of rotatable bonds is 10. The van der Waals surface area contributed by atoms with Gasteiger partial charge in [-0.1, -0.05) is 35.4 Å². The Bertz CT molecular complexity index is 1890. The number of carbonyl (C=O) groups excluding carboxylic acids is 1. The van der Waals surface area contributed by atoms with Crippen molar-refractivity contribution in [3.63, 3.8) is 0 Å². The van der Waals surface area contributed by atoms with Gasteiger partial charge >= 0.3 is 18.3 Å². The van der Waals surface area contributed by atoms with Gasteiger partial charge in [-0.2, -0.15) is 31.1 Å². The van der Waals surface area contributed by atoms with Crippen LogP contribution in [0.25, 0.3) is 0 Å². The number of esters is 1. The predicted octanol–water partition coefficient (Wildman–Crippen LogP) is 8.57. The zero-order chi connectivity index (χ0) is 38.0. The van der Waals surface area contributed by atoms with Crippen LogP contribution in [0.4, 0.5) is 38.0 Å². The average Bonchev–Trinajstić information content (AvgIpc) is 3.75. The van der Waals surface area contributed by atoms with Crippen LogP contribution in [0.3, 0.4) is 0 Å². The number of tetrazole rings is 1. The van der Waals surface area contributed by atoms with Crippen molar-refractivity contribution < 1.29 is 40.6 Å². The van der Waals surface area contributed by atoms with Crippen LogP contribution in [0.15, 0.2) is 60.7 Å². The number of anilines is 2. The van der Waals surface area contributed by atoms with Crippen LogP contribution in [0.5, 0.6) is 0 Å². The second-order valence-corrected chi connectivity index (χ2v) is 14.6. The molecule has 1 aliphatic carbocycles. The van der Waals surface area contributed by atoms with Gasteiger partial charge in [-0.15, -0.1) is 5.10 Å². The molecule has 0 radical (unpaired) electrons. The molecule has 0 bridgehead atoms. The molecule has 2 aliphatic heterocycles. The summed E-state index contributed by atoms with van der Waals surface area (Å²) < 4.78 is 94.6. The van der Waals surface area contributed by atoms with Crippen LogP contribution in [0.2, 0.25) is 0 Å². The lowest BCUT2D eigenvalue weighted by Gasteiger charge is -2.35. The van der Waals surface area contributed by atoms with Crippen LogP contribution in [-0.4, -0.2) is 39.3 Å². The van der Waals surface area contributed by atoms with E-state index in [9.17, 15) is 31.1 Å². The van der Waals surface area contributed by atoms with Crippen LogP contribution < -0.4 is 9.80 Å². The average molecular weight is 757 g/mol. The van der Waals surface area contributed by atoms with E-state index >= 15 is 0 Å². The Morgan fingerprint density at radius 3 is 2.19 bits per heavy atom. The van der Waals surface area contributed by atoms with Crippen molar-refractivity contribution in [2.24, 2.45) is 18.9 Å². The molecule has 3 heterocycles. The van der Waals surface area contributed by atoms with E-state index in [1.807, 2.05) is 30.3 Å². The number of halogens is 6. The van der Waals surface area contributed by atoms with Crippen molar-refractivity contribution in [1.29, 1.82) is 0 Å². The van der Waals surface area contributed by atoms with E-state index in [0.717, 1.165) is 72.3 Å². The van der Waals surface area contributed by atoms with Crippen LogP contribution >= 0.6 is 0 Å². The Morgan fingerprint density at radius 1 is 0.870 bits per heavy atom. The summed E-state index contributed by atoms with van der Waals surface area (Å²) in [7, 11) is 1.55. The maximum atomic E-state index is 13.9. The molecule has 0 unspecified atom stereocenters. The third kappa shape index (κ3) is 8.82. The highest BCUT2D eigenvalue weighted by Crippen LogP contribution is 2.44. The first kappa shape index (κ1) is 37.6. The van der Waals surface area contributed by atoms with E-state index in [4.69, 9.17) is 9.47 Å². The van der Waals surface area contributed by atoms with Crippen LogP contribution in [0, 0.1) is 11.8 Å². The minimum absolute atomic E-state index is 0.102. The normalized spacial score (nSPS) is 20.3. The van der Waals surface area contributed by atoms with Gasteiger partial charge in [-0.05, 0) is 114 Å². The Morgan fingerprint density at radius 2 is 1.54 bits per heavy atom. The van der Waals surface area contributed by atoms with Gasteiger partial charge in [0.25, 0.3) is 5.95 Å². The second kappa shape index (κ2) is 15.6. The molecule has 7 rings (SSSR count). The van der Waals surface area contributed by atoms with Gasteiger partial charge in [0, 0.05) is 31.7 Å². The molecule has 9 nitrogen and oxygen atoms in total. The minimum atomic E-state index is -4.98. The Balaban J connectivity index is 1.12. The Kier molecular flexibility index (Phi) is 10.9. The molecule has 1 fully saturated rings. The number of aromatic nitrogens is 4. The summed E-state index contributed by atoms with van der Waals surface area (Å²) in [4.78, 5) is 17.9. The van der Waals surface area contributed by atoms with Gasteiger partial charge in [-0.25, -0.2) is 0 Å². The van der Waals surface area contributed by atoms with E-state index < -0.39 is 29.5 Å². The van der Waals surface area contributed by atoms with Crippen molar-refractivity contribution >= 4 is 17.6 Å². The lowest BCUT2D eigenvalue weighted by molar-refractivity contribution is -0.146. The molecule has 3 aromatic carbocycles. The largest absolute Gasteiger partial charge is 0.461 e. The molecule has 1 atom stereocenters. The molecule has 0 saturated heterocycles. The molecule has 288 valence electrons. The minimum Gasteiger partial charge on any atom is -0.461 e. The molecule has 1 aromatic heterocycles. The number of hydrogen-bond donors (Lipinski definition) is 0. The predicted molar refractivity (Wildman–Crippen MR) is 187 cm³/mol. The zero-order valence-electron chi connectivity index (χ0n) is 29.9. The third-order valence-corrected chi connectivity index (χ3v) is 10.7. The first-order chi connectivity index (χ1) is 25.8. The monoisotopic (exact) mass is 756 g/mol. The molecule has 0 amide bonds. The summed E-state index contributed by atoms with van der Waals surface area (Å²) in [6, 6.07) is 15.0. The fraction of sp³-hybridized carbons (Fsp3) is 0.487. The number of carbonyl (C=O) groups is 1. The highest BCUT2D eigenvalue weighted by atomic mass is 19.4. The van der Waals surface area contributed by atoms with Crippen molar-refractivity contribution in [3.05, 3.63) is 99.6 Å². The number of alkyl halides is 6. The fourth-order valence-corrected chi connectivity index (χ4v) is 8.02. The van der Waals surface area contributed by atoms with Gasteiger partial charge in [-0.3, -0.25) is 4.79 Å². The lowest BCUT2D eigenvalue weighted by Crippen LogP contribution is -2.33. The van der Waals surface area contributed by atoms with Crippen LogP contribution in [-0.2, 0) is 60.0 Å². The van der Waals surface area contributed by atoms with E-state index in [-0.39, 0.29) is 42.6 Å². The summed E-state index contributed by atoms with van der Waals surface area (Å²) in [6.07, 6.45) is -4.59. The van der Waals surface area contributed by atoms with E-state index in [0.29, 0.717) is 44.9 Å². The molecular weight excluding hydrogens is 714 g/mol. The molecule has 4 aromatic rings. The molecule has 3 aliphatic rings. The molecule has 1 saturated carbocycles. The van der Waals surface area contributed by atoms with Gasteiger partial charge in [0.15, 0.2) is 0 Å². The smallest absolute Gasteiger partial charge is 0.416 e. The topological polar surface area (TPSA) is 85.6 Å². The first-order valence-corrected chi connectivity index (χ1v) is 18.3. The number of nitrogens with zero attached hydrogens (tertiary/aromatic N) is 6. The second-order valence-electron chi connectivity index (χ2n) is 14.6. The van der Waals surface area contributed by atoms with E-state index in [1.165, 1.54) is 4.80 Å². The van der Waals surface area contributed by atoms with E-state index in [2.05, 4.69) is 32.4 Å². The molecule has 0 N–H and O–H groups in total. The number of fused-ring (bicyclic) bond motifs is 2. The van der Waals surface area contributed by atoms with Gasteiger partial charge in [0.1, 0.15) is 6.61 Å². The van der Waals surface area contributed by atoms with Gasteiger partial charge < -0.3 is 19.3 Å². The standard InChI is InChI=1S/C39H42F6N6O3/c1-49-47-37(46-48-49)51(21-28-14-31(38(40,41)42)19-32(15-28)39(43,44)45)34-8-5-13-50(35-18-30-24-53-23-29(30)17-33(34)35)20-26-11-9-25(10-12-26)16-36(52)54-22-27-6-3-2-4-7-27/h2-4,6-7,14-15,17-19,25-26,34H,5,8-13,16,20-24H2,1H3/t25-,26-,34-/m0/s1. The highest BCUT2D eigenvalue weighted by Gasteiger charge is 2.38. The SMILES string of the molecule is Cn1nnc(N(Cc2cc(C(F)(F)F)cc(C(F)(F)F)c2)[C@H]2CCCN(C[C@H]3CC[C@H](CC(=O)OCc4ccccc4)CC3)c3cc4c(cc32)COC4)n1. The first-order valence-electron chi connectivity index (χ1n) is 18.3. The van der Waals surface area contributed by atoms with Gasteiger partial charge in [0.05, 0.1) is 37.4 Å². The number of benzene rings is 3. The molecule has 15 heteroatoms. The maximum Gasteiger partial charge on any atom is 0.416 e. The van der Waals surface area contributed by atoms with Gasteiger partial charge in [0.2, 0.25) is 0 Å². The fourth-order valence-electron chi connectivity index (χ4n) is 8.02. The van der Waals surface area contributed by atoms with Crippen molar-refractivity contribution in [2.75, 3.05) is 22.9 Å². The quantitative estimate of drug-likeness (QED) is 0.118. The zero-order valence-corrected chi connectivity index (χ0v) is 29.9. The van der Waals surface area contributed by atoms with Crippen molar-refractivity contribution in [3.8, 4) is 0 Å². The van der Waals surface area contributed by atoms with Crippen LogP contribution in [0.1, 0.15) is 89.9 Å². The van der Waals surface area contributed by atoms with Crippen molar-refractivity contribution in [1.82, 2.24) is 20.2 Å². The van der Waals surface area contributed by atoms with Crippen molar-refractivity contribution in [2.45, 2.75) is 89.7 Å². The maximum absolute atomic E-state index is 13.9. The molecular formula is C39H42F6N6O3. The summed E-state index contributed by atoms with van der Waals surface area (Å²) >= 11 is 0. The lowest BCUT2D eigenvalue weighted by atomic mass is 9.80. The van der Waals surface area contributed by atoms with E-state index in [1.54, 1.807) is 11.9 Å². The number of hydrogen-bond acceptors (Lipinski definition) is 8. The number of ether oxygens (including phenoxy) is 2. The third-order valence-electron chi connectivity index (χ3n) is 10.7.